The van der Waals surface area contributed by atoms with Crippen molar-refractivity contribution in [2.75, 3.05) is 0 Å². The maximum atomic E-state index is 0. The van der Waals surface area contributed by atoms with Gasteiger partial charge in [-0.25, -0.2) is 0 Å². The van der Waals surface area contributed by atoms with Crippen LogP contribution < -0.4 is 79.2 Å². The third-order valence-electron chi connectivity index (χ3n) is 0. The number of rotatable bonds is 0. The molecule has 0 rings (SSSR count). The summed E-state index contributed by atoms with van der Waals surface area (Å²) in [5, 5.41) is 0. The molecular formula is H3AlBCl4Na. The van der Waals surface area contributed by atoms with Crippen molar-refractivity contribution in [1.29, 1.82) is 0 Å². The largest absolute Gasteiger partial charge is 3.00 e. The van der Waals surface area contributed by atoms with Gasteiger partial charge in [-0.05, 0) is 0 Å². The SMILES string of the molecule is B.[Al+3].[Cl-].[Cl-].[Cl-].[Cl-].[Na+]. The first kappa shape index (κ1) is 98.4. The monoisotopic (exact) mass is 204 g/mol. The second-order valence-corrected chi connectivity index (χ2v) is 0. The maximum absolute atomic E-state index is 0. The Bertz CT molecular complexity index is 11.7. The van der Waals surface area contributed by atoms with E-state index < -0.39 is 0 Å². The van der Waals surface area contributed by atoms with Crippen LogP contribution in [-0.2, 0) is 0 Å². The Morgan fingerprint density at radius 2 is 0.571 bits per heavy atom. The van der Waals surface area contributed by atoms with Crippen molar-refractivity contribution < 1.29 is 79.2 Å². The average Bonchev–Trinajstić information content (AvgIpc) is 0. The van der Waals surface area contributed by atoms with Crippen molar-refractivity contribution in [3.05, 3.63) is 0 Å². The number of hydrogen-bond donors (Lipinski definition) is 0. The molecule has 7 heavy (non-hydrogen) atoms. The van der Waals surface area contributed by atoms with E-state index in [1.54, 1.807) is 0 Å². The van der Waals surface area contributed by atoms with Gasteiger partial charge in [-0.15, -0.1) is 0 Å². The smallest absolute Gasteiger partial charge is 1.00 e. The molecular weight excluding hydrogens is 203 g/mol. The van der Waals surface area contributed by atoms with Crippen LogP contribution in [0.25, 0.3) is 0 Å². The Balaban J connectivity index is 0. The molecule has 0 aromatic carbocycles. The standard InChI is InChI=1S/Al.BH3.4ClH.Na/h;1H3;4*1H;/q+3;;;;;;+1/p-4. The molecule has 0 bridgehead atoms. The van der Waals surface area contributed by atoms with E-state index in [-0.39, 0.29) is 105 Å². The minimum atomic E-state index is 0. The Hall–Kier alpha value is 2.76. The molecule has 0 aromatic rings. The normalized spacial score (nSPS) is 0. The van der Waals surface area contributed by atoms with Gasteiger partial charge in [-0.3, -0.25) is 0 Å². The second kappa shape index (κ2) is 69.3. The third kappa shape index (κ3) is 52.6. The second-order valence-electron chi connectivity index (χ2n) is 0. The molecule has 0 N–H and O–H groups in total. The van der Waals surface area contributed by atoms with Gasteiger partial charge in [0.25, 0.3) is 0 Å². The Labute approximate surface area is 104 Å². The molecule has 0 atom stereocenters. The van der Waals surface area contributed by atoms with Crippen LogP contribution in [-0.4, -0.2) is 25.8 Å². The molecule has 38 valence electrons. The van der Waals surface area contributed by atoms with Gasteiger partial charge in [0.15, 0.2) is 0 Å². The number of halogens is 4. The fourth-order valence-electron chi connectivity index (χ4n) is 0. The van der Waals surface area contributed by atoms with E-state index in [9.17, 15) is 0 Å². The van der Waals surface area contributed by atoms with E-state index in [4.69, 9.17) is 0 Å². The molecule has 0 radical (unpaired) electrons. The molecule has 0 saturated heterocycles. The minimum absolute atomic E-state index is 0. The maximum Gasteiger partial charge on any atom is 3.00 e. The van der Waals surface area contributed by atoms with E-state index in [0.717, 1.165) is 0 Å². The summed E-state index contributed by atoms with van der Waals surface area (Å²) >= 11 is 0. The van der Waals surface area contributed by atoms with Crippen LogP contribution in [0.15, 0.2) is 0 Å². The third-order valence-corrected chi connectivity index (χ3v) is 0. The first-order valence-corrected chi connectivity index (χ1v) is 0. The summed E-state index contributed by atoms with van der Waals surface area (Å²) in [7, 11) is 0. The summed E-state index contributed by atoms with van der Waals surface area (Å²) in [5.41, 5.74) is 0. The van der Waals surface area contributed by atoms with E-state index >= 15 is 0 Å². The van der Waals surface area contributed by atoms with Crippen LogP contribution in [0.1, 0.15) is 0 Å². The van der Waals surface area contributed by atoms with Gasteiger partial charge in [0.05, 0.1) is 8.41 Å². The topological polar surface area (TPSA) is 0 Å². The molecule has 0 aliphatic carbocycles. The minimum Gasteiger partial charge on any atom is -1.00 e. The van der Waals surface area contributed by atoms with Gasteiger partial charge in [0, 0.05) is 0 Å². The van der Waals surface area contributed by atoms with Crippen LogP contribution in [0, 0.1) is 0 Å². The van der Waals surface area contributed by atoms with Gasteiger partial charge in [0.2, 0.25) is 0 Å². The summed E-state index contributed by atoms with van der Waals surface area (Å²) in [6.45, 7) is 0. The Morgan fingerprint density at radius 1 is 0.571 bits per heavy atom. The fourth-order valence-corrected chi connectivity index (χ4v) is 0. The average molecular weight is 206 g/mol. The quantitative estimate of drug-likeness (QED) is 0.345. The van der Waals surface area contributed by atoms with Crippen LogP contribution in [0.4, 0.5) is 0 Å². The molecule has 0 aliphatic rings. The molecule has 0 heterocycles. The predicted octanol–water partition coefficient (Wildman–Crippen LogP) is -16.5. The molecule has 0 aliphatic heterocycles. The van der Waals surface area contributed by atoms with Gasteiger partial charge in [-0.2, -0.15) is 0 Å². The van der Waals surface area contributed by atoms with Crippen LogP contribution in [0.2, 0.25) is 0 Å². The fraction of sp³-hybridized carbons (Fsp3) is 0. The molecule has 0 nitrogen and oxygen atoms in total. The van der Waals surface area contributed by atoms with Gasteiger partial charge >= 0.3 is 46.9 Å². The molecule has 7 heteroatoms. The zero-order valence-corrected chi connectivity index (χ0v) is 9.27. The zero-order chi connectivity index (χ0) is 0. The van der Waals surface area contributed by atoms with Crippen molar-refractivity contribution in [2.24, 2.45) is 0 Å². The predicted molar refractivity (Wildman–Crippen MR) is 15.7 cm³/mol. The van der Waals surface area contributed by atoms with Crippen molar-refractivity contribution in [3.63, 3.8) is 0 Å². The van der Waals surface area contributed by atoms with Crippen LogP contribution >= 0.6 is 0 Å². The van der Waals surface area contributed by atoms with Crippen LogP contribution in [0.3, 0.4) is 0 Å². The van der Waals surface area contributed by atoms with E-state index in [2.05, 4.69) is 0 Å². The summed E-state index contributed by atoms with van der Waals surface area (Å²) in [5.74, 6) is 0. The molecule has 0 amide bonds. The van der Waals surface area contributed by atoms with Crippen molar-refractivity contribution in [1.82, 2.24) is 0 Å². The van der Waals surface area contributed by atoms with E-state index in [1.165, 1.54) is 0 Å². The van der Waals surface area contributed by atoms with Crippen molar-refractivity contribution >= 4 is 25.8 Å². The first-order valence-electron chi connectivity index (χ1n) is 0. The van der Waals surface area contributed by atoms with Gasteiger partial charge < -0.3 is 49.6 Å². The Morgan fingerprint density at radius 3 is 0.571 bits per heavy atom. The van der Waals surface area contributed by atoms with Gasteiger partial charge in [-0.1, -0.05) is 0 Å². The Kier molecular flexibility index (Phi) is 975. The molecule has 0 saturated carbocycles. The van der Waals surface area contributed by atoms with Crippen LogP contribution in [0.5, 0.6) is 0 Å². The first-order chi connectivity index (χ1) is 0. The van der Waals surface area contributed by atoms with E-state index in [0.29, 0.717) is 0 Å². The zero-order valence-electron chi connectivity index (χ0n) is 3.09. The summed E-state index contributed by atoms with van der Waals surface area (Å²) in [6.07, 6.45) is 0. The number of hydrogen-bond acceptors (Lipinski definition) is 0. The summed E-state index contributed by atoms with van der Waals surface area (Å²) in [4.78, 5) is 0. The molecule has 0 fully saturated rings. The van der Waals surface area contributed by atoms with Crippen molar-refractivity contribution in [2.45, 2.75) is 0 Å². The molecule has 0 spiro atoms. The van der Waals surface area contributed by atoms with Gasteiger partial charge in [0.1, 0.15) is 0 Å². The van der Waals surface area contributed by atoms with E-state index in [1.807, 2.05) is 0 Å². The molecule has 0 aromatic heterocycles. The van der Waals surface area contributed by atoms with Crippen molar-refractivity contribution in [3.8, 4) is 0 Å². The summed E-state index contributed by atoms with van der Waals surface area (Å²) in [6, 6.07) is 0. The summed E-state index contributed by atoms with van der Waals surface area (Å²) < 4.78 is 0. The molecule has 0 unspecified atom stereocenters.